The molecule has 1 aliphatic heterocycles. The SMILES string of the molecule is CCNC(c1cccs1)C(C)(CC)N1CCCC1. The fourth-order valence-corrected chi connectivity index (χ4v) is 4.07. The van der Waals surface area contributed by atoms with Crippen LogP contribution in [0.1, 0.15) is 51.0 Å². The third-order valence-electron chi connectivity index (χ3n) is 4.40. The van der Waals surface area contributed by atoms with Gasteiger partial charge in [0.05, 0.1) is 6.04 Å². The minimum atomic E-state index is 0.247. The highest BCUT2D eigenvalue weighted by Crippen LogP contribution is 2.38. The second-order valence-electron chi connectivity index (χ2n) is 5.41. The second-order valence-corrected chi connectivity index (χ2v) is 6.39. The van der Waals surface area contributed by atoms with Crippen molar-refractivity contribution in [1.29, 1.82) is 0 Å². The van der Waals surface area contributed by atoms with Gasteiger partial charge in [-0.3, -0.25) is 4.90 Å². The van der Waals surface area contributed by atoms with Crippen LogP contribution in [0.5, 0.6) is 0 Å². The summed E-state index contributed by atoms with van der Waals surface area (Å²) in [5, 5.41) is 5.92. The Hall–Kier alpha value is -0.380. The molecule has 18 heavy (non-hydrogen) atoms. The van der Waals surface area contributed by atoms with E-state index < -0.39 is 0 Å². The number of nitrogens with one attached hydrogen (secondary N) is 1. The monoisotopic (exact) mass is 266 g/mol. The van der Waals surface area contributed by atoms with Crippen LogP contribution in [-0.4, -0.2) is 30.1 Å². The molecule has 0 radical (unpaired) electrons. The Balaban J connectivity index is 2.25. The molecule has 0 aliphatic carbocycles. The highest BCUT2D eigenvalue weighted by atomic mass is 32.1. The maximum absolute atomic E-state index is 3.72. The second kappa shape index (κ2) is 6.18. The number of likely N-dealkylation sites (tertiary alicyclic amines) is 1. The summed E-state index contributed by atoms with van der Waals surface area (Å²) in [6.45, 7) is 10.5. The Morgan fingerprint density at radius 2 is 2.11 bits per heavy atom. The van der Waals surface area contributed by atoms with Crippen molar-refractivity contribution >= 4 is 11.3 Å². The lowest BCUT2D eigenvalue weighted by atomic mass is 9.86. The van der Waals surface area contributed by atoms with Gasteiger partial charge in [-0.05, 0) is 57.3 Å². The van der Waals surface area contributed by atoms with Crippen molar-refractivity contribution < 1.29 is 0 Å². The first-order valence-corrected chi connectivity index (χ1v) is 8.12. The lowest BCUT2D eigenvalue weighted by Gasteiger charge is -2.44. The molecule has 102 valence electrons. The number of nitrogens with zero attached hydrogens (tertiary/aromatic N) is 1. The van der Waals surface area contributed by atoms with Crippen molar-refractivity contribution in [2.75, 3.05) is 19.6 Å². The minimum Gasteiger partial charge on any atom is -0.308 e. The van der Waals surface area contributed by atoms with E-state index in [4.69, 9.17) is 0 Å². The highest BCUT2D eigenvalue weighted by Gasteiger charge is 2.40. The summed E-state index contributed by atoms with van der Waals surface area (Å²) < 4.78 is 0. The fourth-order valence-electron chi connectivity index (χ4n) is 3.12. The third-order valence-corrected chi connectivity index (χ3v) is 5.34. The van der Waals surface area contributed by atoms with E-state index in [1.54, 1.807) is 0 Å². The summed E-state index contributed by atoms with van der Waals surface area (Å²) in [4.78, 5) is 4.17. The zero-order chi connectivity index (χ0) is 13.0. The average Bonchev–Trinajstić information content (AvgIpc) is 3.06. The van der Waals surface area contributed by atoms with Crippen LogP contribution in [0, 0.1) is 0 Å². The molecule has 1 aromatic rings. The summed E-state index contributed by atoms with van der Waals surface area (Å²) in [5.74, 6) is 0. The molecule has 2 heterocycles. The Bertz CT molecular complexity index is 343. The molecule has 0 amide bonds. The first-order valence-electron chi connectivity index (χ1n) is 7.24. The fraction of sp³-hybridized carbons (Fsp3) is 0.733. The van der Waals surface area contributed by atoms with Crippen LogP contribution < -0.4 is 5.32 Å². The van der Waals surface area contributed by atoms with Crippen molar-refractivity contribution in [3.8, 4) is 0 Å². The number of thiophene rings is 1. The van der Waals surface area contributed by atoms with Gasteiger partial charge in [0.2, 0.25) is 0 Å². The molecule has 1 aliphatic rings. The van der Waals surface area contributed by atoms with Crippen molar-refractivity contribution in [3.05, 3.63) is 22.4 Å². The van der Waals surface area contributed by atoms with E-state index in [9.17, 15) is 0 Å². The quantitative estimate of drug-likeness (QED) is 0.845. The summed E-state index contributed by atoms with van der Waals surface area (Å²) in [5.41, 5.74) is 0.247. The zero-order valence-electron chi connectivity index (χ0n) is 11.9. The number of likely N-dealkylation sites (N-methyl/N-ethyl adjacent to an activating group) is 1. The molecule has 0 saturated carbocycles. The number of hydrogen-bond donors (Lipinski definition) is 1. The normalized spacial score (nSPS) is 21.9. The van der Waals surface area contributed by atoms with Crippen LogP contribution in [0.3, 0.4) is 0 Å². The first kappa shape index (κ1) is 14.0. The Labute approximate surface area is 115 Å². The predicted octanol–water partition coefficient (Wildman–Crippen LogP) is 3.66. The molecule has 1 N–H and O–H groups in total. The molecule has 0 spiro atoms. The molecule has 2 unspecified atom stereocenters. The van der Waals surface area contributed by atoms with Gasteiger partial charge in [-0.25, -0.2) is 0 Å². The van der Waals surface area contributed by atoms with Crippen LogP contribution >= 0.6 is 11.3 Å². The van der Waals surface area contributed by atoms with Crippen LogP contribution in [0.4, 0.5) is 0 Å². The van der Waals surface area contributed by atoms with E-state index in [0.29, 0.717) is 6.04 Å². The van der Waals surface area contributed by atoms with E-state index in [0.717, 1.165) is 6.54 Å². The lowest BCUT2D eigenvalue weighted by molar-refractivity contribution is 0.0860. The summed E-state index contributed by atoms with van der Waals surface area (Å²) in [6.07, 6.45) is 3.92. The summed E-state index contributed by atoms with van der Waals surface area (Å²) in [7, 11) is 0. The van der Waals surface area contributed by atoms with E-state index in [2.05, 4.69) is 48.5 Å². The molecule has 2 atom stereocenters. The summed E-state index contributed by atoms with van der Waals surface area (Å²) in [6, 6.07) is 4.91. The standard InChI is InChI=1S/C15H26N2S/c1-4-15(3,17-10-6-7-11-17)14(16-5-2)13-9-8-12-18-13/h8-9,12,14,16H,4-7,10-11H2,1-3H3. The van der Waals surface area contributed by atoms with Crippen molar-refractivity contribution in [2.45, 2.75) is 51.6 Å². The smallest absolute Gasteiger partial charge is 0.0598 e. The van der Waals surface area contributed by atoms with E-state index >= 15 is 0 Å². The minimum absolute atomic E-state index is 0.247. The first-order chi connectivity index (χ1) is 8.72. The molecule has 2 rings (SSSR count). The predicted molar refractivity (Wildman–Crippen MR) is 80.2 cm³/mol. The van der Waals surface area contributed by atoms with E-state index in [-0.39, 0.29) is 5.54 Å². The Morgan fingerprint density at radius 3 is 2.61 bits per heavy atom. The van der Waals surface area contributed by atoms with Crippen LogP contribution in [0.2, 0.25) is 0 Å². The van der Waals surface area contributed by atoms with Gasteiger partial charge in [0.25, 0.3) is 0 Å². The van der Waals surface area contributed by atoms with Gasteiger partial charge in [-0.2, -0.15) is 0 Å². The highest BCUT2D eigenvalue weighted by molar-refractivity contribution is 7.10. The molecule has 1 fully saturated rings. The van der Waals surface area contributed by atoms with Gasteiger partial charge in [0.1, 0.15) is 0 Å². The number of hydrogen-bond acceptors (Lipinski definition) is 3. The molecule has 2 nitrogen and oxygen atoms in total. The zero-order valence-corrected chi connectivity index (χ0v) is 12.7. The molecular formula is C15H26N2S. The van der Waals surface area contributed by atoms with Gasteiger partial charge in [0, 0.05) is 10.4 Å². The van der Waals surface area contributed by atoms with Crippen LogP contribution in [-0.2, 0) is 0 Å². The van der Waals surface area contributed by atoms with Gasteiger partial charge >= 0.3 is 0 Å². The van der Waals surface area contributed by atoms with Gasteiger partial charge in [-0.1, -0.05) is 19.9 Å². The molecule has 1 saturated heterocycles. The molecule has 0 bridgehead atoms. The molecule has 3 heteroatoms. The maximum atomic E-state index is 3.72. The van der Waals surface area contributed by atoms with E-state index in [1.807, 2.05) is 11.3 Å². The average molecular weight is 266 g/mol. The molecule has 1 aromatic heterocycles. The van der Waals surface area contributed by atoms with Gasteiger partial charge < -0.3 is 5.32 Å². The third kappa shape index (κ3) is 2.63. The number of rotatable bonds is 6. The van der Waals surface area contributed by atoms with E-state index in [1.165, 1.54) is 37.2 Å². The molecule has 0 aromatic carbocycles. The Morgan fingerprint density at radius 1 is 1.39 bits per heavy atom. The van der Waals surface area contributed by atoms with Crippen LogP contribution in [0.15, 0.2) is 17.5 Å². The lowest BCUT2D eigenvalue weighted by Crippen LogP contribution is -2.53. The van der Waals surface area contributed by atoms with Crippen LogP contribution in [0.25, 0.3) is 0 Å². The topological polar surface area (TPSA) is 15.3 Å². The van der Waals surface area contributed by atoms with Crippen molar-refractivity contribution in [2.24, 2.45) is 0 Å². The van der Waals surface area contributed by atoms with Crippen molar-refractivity contribution in [1.82, 2.24) is 10.2 Å². The van der Waals surface area contributed by atoms with Gasteiger partial charge in [0.15, 0.2) is 0 Å². The largest absolute Gasteiger partial charge is 0.308 e. The summed E-state index contributed by atoms with van der Waals surface area (Å²) >= 11 is 1.88. The maximum Gasteiger partial charge on any atom is 0.0598 e. The Kier molecular flexibility index (Phi) is 4.82. The van der Waals surface area contributed by atoms with Gasteiger partial charge in [-0.15, -0.1) is 11.3 Å². The van der Waals surface area contributed by atoms with Crippen molar-refractivity contribution in [3.63, 3.8) is 0 Å². The molecular weight excluding hydrogens is 240 g/mol.